The van der Waals surface area contributed by atoms with Crippen LogP contribution < -0.4 is 15.0 Å². The summed E-state index contributed by atoms with van der Waals surface area (Å²) < 4.78 is 28.1. The van der Waals surface area contributed by atoms with Gasteiger partial charge in [-0.1, -0.05) is 43.1 Å². The van der Waals surface area contributed by atoms with Crippen LogP contribution in [-0.2, 0) is 13.5 Å². The van der Waals surface area contributed by atoms with Crippen molar-refractivity contribution in [2.45, 2.75) is 38.5 Å². The minimum Gasteiger partial charge on any atom is -0.479 e. The molecule has 1 aromatic carbocycles. The number of aryl methyl sites for hydroxylation is 2. The number of carbonyl (C=O) groups is 1. The number of halogens is 3. The van der Waals surface area contributed by atoms with Crippen molar-refractivity contribution in [2.75, 3.05) is 14.2 Å². The average molecular weight is 604 g/mol. The fraction of sp³-hybridized carbons (Fsp3) is 0.321. The zero-order valence-corrected chi connectivity index (χ0v) is 24.5. The van der Waals surface area contributed by atoms with Crippen LogP contribution in [0.4, 0.5) is 4.39 Å². The summed E-state index contributed by atoms with van der Waals surface area (Å²) in [4.78, 5) is 33.1. The lowest BCUT2D eigenvalue weighted by Gasteiger charge is -2.22. The van der Waals surface area contributed by atoms with Crippen molar-refractivity contribution in [3.05, 3.63) is 91.0 Å². The molecule has 0 saturated carbocycles. The number of hydrogen-bond donors (Lipinski definition) is 1. The van der Waals surface area contributed by atoms with Crippen molar-refractivity contribution in [1.82, 2.24) is 24.3 Å². The fourth-order valence-electron chi connectivity index (χ4n) is 4.81. The number of ether oxygens (including phenoxy) is 2. The van der Waals surface area contributed by atoms with Crippen molar-refractivity contribution in [1.29, 1.82) is 0 Å². The number of carboxylic acid groups (broad SMARTS) is 1. The van der Waals surface area contributed by atoms with Crippen LogP contribution in [0.2, 0.25) is 10.0 Å². The topological polar surface area (TPSA) is 121 Å². The molecule has 3 heterocycles. The molecule has 41 heavy (non-hydrogen) atoms. The minimum atomic E-state index is -1.27. The molecular weight excluding hydrogens is 576 g/mol. The molecule has 3 aromatic heterocycles. The van der Waals surface area contributed by atoms with Crippen molar-refractivity contribution < 1.29 is 23.8 Å². The lowest BCUT2D eigenvalue weighted by molar-refractivity contribution is 0.0688. The first kappa shape index (κ1) is 30.0. The van der Waals surface area contributed by atoms with E-state index in [0.717, 1.165) is 5.56 Å². The summed E-state index contributed by atoms with van der Waals surface area (Å²) in [6, 6.07) is 6.03. The van der Waals surface area contributed by atoms with Crippen LogP contribution in [-0.4, -0.2) is 49.6 Å². The molecule has 10 nitrogen and oxygen atoms in total. The van der Waals surface area contributed by atoms with Gasteiger partial charge in [-0.25, -0.2) is 18.9 Å². The molecule has 4 rings (SSSR count). The van der Waals surface area contributed by atoms with Gasteiger partial charge in [-0.05, 0) is 48.1 Å². The molecule has 1 N–H and O–H groups in total. The van der Waals surface area contributed by atoms with Gasteiger partial charge in [-0.15, -0.1) is 0 Å². The third kappa shape index (κ3) is 6.06. The van der Waals surface area contributed by atoms with Crippen LogP contribution in [0.25, 0.3) is 5.69 Å². The number of nitrogens with zero attached hydrogens (tertiary/aromatic N) is 5. The second-order valence-electron chi connectivity index (χ2n) is 9.65. The molecule has 4 aromatic rings. The number of rotatable bonds is 10. The molecule has 0 radical (unpaired) electrons. The lowest BCUT2D eigenvalue weighted by atomic mass is 9.83. The highest BCUT2D eigenvalue weighted by Gasteiger charge is 2.33. The molecule has 0 aliphatic carbocycles. The van der Waals surface area contributed by atoms with Gasteiger partial charge in [0.1, 0.15) is 16.5 Å². The van der Waals surface area contributed by atoms with Gasteiger partial charge in [-0.3, -0.25) is 4.79 Å². The van der Waals surface area contributed by atoms with Crippen molar-refractivity contribution in [3.8, 4) is 17.6 Å². The van der Waals surface area contributed by atoms with Crippen LogP contribution in [0.5, 0.6) is 11.9 Å². The van der Waals surface area contributed by atoms with E-state index in [1.165, 1.54) is 41.8 Å². The Bertz CT molecular complexity index is 1640. The highest BCUT2D eigenvalue weighted by Crippen LogP contribution is 2.40. The first-order valence-corrected chi connectivity index (χ1v) is 13.3. The van der Waals surface area contributed by atoms with Crippen LogP contribution in [0.3, 0.4) is 0 Å². The highest BCUT2D eigenvalue weighted by molar-refractivity contribution is 6.30. The SMILES string of the molecule is COc1ncc(-n2nc(C(=O)O)c(C(CCc3cc(Cl)c(=O)n(C)c3)c3ccc(Cl)c(F)c3)c2C(C)C)c(OC)n1. The zero-order chi connectivity index (χ0) is 30.0. The number of methoxy groups -OCH3 is 2. The number of aromatic nitrogens is 5. The maximum atomic E-state index is 14.8. The molecule has 0 aliphatic rings. The molecule has 0 aliphatic heterocycles. The number of carboxylic acids is 1. The van der Waals surface area contributed by atoms with Gasteiger partial charge in [0.2, 0.25) is 5.88 Å². The molecule has 1 unspecified atom stereocenters. The largest absolute Gasteiger partial charge is 0.479 e. The quantitative estimate of drug-likeness (QED) is 0.255. The van der Waals surface area contributed by atoms with E-state index >= 15 is 0 Å². The summed E-state index contributed by atoms with van der Waals surface area (Å²) in [5, 5.41) is 14.8. The van der Waals surface area contributed by atoms with E-state index in [2.05, 4.69) is 15.1 Å². The van der Waals surface area contributed by atoms with E-state index in [4.69, 9.17) is 32.7 Å². The van der Waals surface area contributed by atoms with Crippen molar-refractivity contribution in [3.63, 3.8) is 0 Å². The van der Waals surface area contributed by atoms with Crippen molar-refractivity contribution >= 4 is 29.2 Å². The van der Waals surface area contributed by atoms with E-state index in [-0.39, 0.29) is 39.1 Å². The minimum absolute atomic E-state index is 0.0595. The maximum absolute atomic E-state index is 14.8. The molecule has 0 saturated heterocycles. The predicted octanol–water partition coefficient (Wildman–Crippen LogP) is 5.41. The van der Waals surface area contributed by atoms with Crippen LogP contribution >= 0.6 is 23.2 Å². The van der Waals surface area contributed by atoms with Gasteiger partial charge in [0.05, 0.1) is 31.1 Å². The summed E-state index contributed by atoms with van der Waals surface area (Å²) in [6.07, 6.45) is 3.82. The van der Waals surface area contributed by atoms with Crippen LogP contribution in [0.15, 0.2) is 41.5 Å². The summed E-state index contributed by atoms with van der Waals surface area (Å²) in [7, 11) is 4.42. The summed E-state index contributed by atoms with van der Waals surface area (Å²) in [5.41, 5.74) is 1.94. The first-order chi connectivity index (χ1) is 19.5. The molecule has 0 bridgehead atoms. The average Bonchev–Trinajstić information content (AvgIpc) is 3.34. The summed E-state index contributed by atoms with van der Waals surface area (Å²) in [5.74, 6) is -2.67. The second-order valence-corrected chi connectivity index (χ2v) is 10.5. The number of hydrogen-bond acceptors (Lipinski definition) is 7. The number of aromatic carboxylic acids is 1. The Labute approximate surface area is 245 Å². The van der Waals surface area contributed by atoms with Gasteiger partial charge in [0.15, 0.2) is 5.69 Å². The van der Waals surface area contributed by atoms with E-state index in [0.29, 0.717) is 35.3 Å². The molecule has 0 amide bonds. The van der Waals surface area contributed by atoms with Gasteiger partial charge in [0.25, 0.3) is 5.56 Å². The van der Waals surface area contributed by atoms with Crippen molar-refractivity contribution in [2.24, 2.45) is 7.05 Å². The first-order valence-electron chi connectivity index (χ1n) is 12.6. The molecule has 13 heteroatoms. The van der Waals surface area contributed by atoms with Crippen LogP contribution in [0.1, 0.15) is 65.0 Å². The Morgan fingerprint density at radius 2 is 1.88 bits per heavy atom. The van der Waals surface area contributed by atoms with E-state index in [1.54, 1.807) is 25.4 Å². The third-order valence-corrected chi connectivity index (χ3v) is 7.22. The summed E-state index contributed by atoms with van der Waals surface area (Å²) >= 11 is 12.1. The van der Waals surface area contributed by atoms with E-state index < -0.39 is 17.7 Å². The summed E-state index contributed by atoms with van der Waals surface area (Å²) in [6.45, 7) is 3.79. The maximum Gasteiger partial charge on any atom is 0.356 e. The Morgan fingerprint density at radius 1 is 1.15 bits per heavy atom. The molecule has 216 valence electrons. The smallest absolute Gasteiger partial charge is 0.356 e. The Balaban J connectivity index is 1.96. The lowest BCUT2D eigenvalue weighted by Crippen LogP contribution is -2.17. The highest BCUT2D eigenvalue weighted by atomic mass is 35.5. The van der Waals surface area contributed by atoms with E-state index in [9.17, 15) is 19.1 Å². The fourth-order valence-corrected chi connectivity index (χ4v) is 5.21. The normalized spacial score (nSPS) is 12.0. The zero-order valence-electron chi connectivity index (χ0n) is 23.0. The van der Waals surface area contributed by atoms with Gasteiger partial charge in [-0.2, -0.15) is 10.1 Å². The van der Waals surface area contributed by atoms with Crippen LogP contribution in [0, 0.1) is 5.82 Å². The van der Waals surface area contributed by atoms with Gasteiger partial charge >= 0.3 is 12.0 Å². The monoisotopic (exact) mass is 603 g/mol. The number of benzene rings is 1. The predicted molar refractivity (Wildman–Crippen MR) is 152 cm³/mol. The Morgan fingerprint density at radius 3 is 2.46 bits per heavy atom. The molecule has 1 atom stereocenters. The van der Waals surface area contributed by atoms with E-state index in [1.807, 2.05) is 13.8 Å². The van der Waals surface area contributed by atoms with Gasteiger partial charge in [0, 0.05) is 24.7 Å². The number of pyridine rings is 1. The molecule has 0 fully saturated rings. The Kier molecular flexibility index (Phi) is 8.98. The van der Waals surface area contributed by atoms with Gasteiger partial charge < -0.3 is 19.1 Å². The second kappa shape index (κ2) is 12.3. The third-order valence-electron chi connectivity index (χ3n) is 6.64. The molecule has 0 spiro atoms. The standard InChI is InChI=1S/C28H28Cl2FN5O5/c1-14(2)24-22(23(27(38)39)34-36(24)21-12-32-28(41-5)33-25(21)40-4)17(16-7-9-18(29)20(31)11-16)8-6-15-10-19(30)26(37)35(3)13-15/h7,9-14,17H,6,8H2,1-5H3,(H,38,39). The Hall–Kier alpha value is -3.96. The molecular formula is C28H28Cl2FN5O5.